The normalized spacial score (nSPS) is 16.6. The molecule has 0 spiro atoms. The Morgan fingerprint density at radius 2 is 1.89 bits per heavy atom. The molecule has 0 aliphatic heterocycles. The van der Waals surface area contributed by atoms with Crippen LogP contribution in [-0.2, 0) is 4.79 Å². The summed E-state index contributed by atoms with van der Waals surface area (Å²) in [6, 6.07) is 1.99. The molecule has 0 atom stereocenters. The number of carbonyl (C=O) groups excluding carboxylic acids is 1. The molecule has 0 saturated heterocycles. The van der Waals surface area contributed by atoms with Crippen LogP contribution in [0.25, 0.3) is 0 Å². The highest BCUT2D eigenvalue weighted by Crippen LogP contribution is 2.34. The quantitative estimate of drug-likeness (QED) is 0.771. The van der Waals surface area contributed by atoms with Crippen LogP contribution >= 0.6 is 15.9 Å². The van der Waals surface area contributed by atoms with Gasteiger partial charge in [0.15, 0.2) is 5.82 Å². The fourth-order valence-electron chi connectivity index (χ4n) is 2.46. The molecule has 0 N–H and O–H groups in total. The highest BCUT2D eigenvalue weighted by atomic mass is 79.9. The van der Waals surface area contributed by atoms with Crippen LogP contribution < -0.4 is 4.90 Å². The van der Waals surface area contributed by atoms with E-state index in [1.54, 1.807) is 0 Å². The largest absolute Gasteiger partial charge is 0.308 e. The Morgan fingerprint density at radius 3 is 2.44 bits per heavy atom. The van der Waals surface area contributed by atoms with Crippen LogP contribution in [0.15, 0.2) is 16.6 Å². The Labute approximate surface area is 113 Å². The molecule has 1 fully saturated rings. The van der Waals surface area contributed by atoms with Crippen molar-refractivity contribution >= 4 is 28.0 Å². The maximum atomic E-state index is 13.8. The third-order valence-electron chi connectivity index (χ3n) is 3.32. The zero-order chi connectivity index (χ0) is 13.1. The van der Waals surface area contributed by atoms with Crippen LogP contribution in [0.1, 0.15) is 32.1 Å². The van der Waals surface area contributed by atoms with Crippen molar-refractivity contribution in [3.05, 3.63) is 28.2 Å². The van der Waals surface area contributed by atoms with E-state index in [9.17, 15) is 13.6 Å². The Morgan fingerprint density at radius 1 is 1.22 bits per heavy atom. The van der Waals surface area contributed by atoms with Crippen molar-refractivity contribution < 1.29 is 13.6 Å². The van der Waals surface area contributed by atoms with Crippen LogP contribution in [-0.4, -0.2) is 12.5 Å². The molecule has 1 aromatic rings. The molecule has 2 nitrogen and oxygen atoms in total. The lowest BCUT2D eigenvalue weighted by molar-refractivity contribution is -0.108. The molecule has 0 unspecified atom stereocenters. The Balaban J connectivity index is 2.35. The summed E-state index contributed by atoms with van der Waals surface area (Å²) in [6.07, 6.45) is 5.59. The predicted molar refractivity (Wildman–Crippen MR) is 69.5 cm³/mol. The first-order valence-electron chi connectivity index (χ1n) is 6.01. The molecule has 5 heteroatoms. The van der Waals surface area contributed by atoms with E-state index in [4.69, 9.17) is 0 Å². The van der Waals surface area contributed by atoms with E-state index >= 15 is 0 Å². The van der Waals surface area contributed by atoms with Crippen LogP contribution in [0.2, 0.25) is 0 Å². The molecule has 18 heavy (non-hydrogen) atoms. The summed E-state index contributed by atoms with van der Waals surface area (Å²) in [5.74, 6) is -1.36. The second-order valence-electron chi connectivity index (χ2n) is 4.52. The van der Waals surface area contributed by atoms with E-state index in [1.807, 2.05) is 0 Å². The number of halogens is 3. The number of hydrogen-bond acceptors (Lipinski definition) is 1. The Kier molecular flexibility index (Phi) is 4.32. The molecule has 0 bridgehead atoms. The second-order valence-corrected chi connectivity index (χ2v) is 5.38. The summed E-state index contributed by atoms with van der Waals surface area (Å²) < 4.78 is 27.1. The highest BCUT2D eigenvalue weighted by molar-refractivity contribution is 9.10. The summed E-state index contributed by atoms with van der Waals surface area (Å²) in [7, 11) is 0. The number of rotatable bonds is 3. The monoisotopic (exact) mass is 317 g/mol. The lowest BCUT2D eigenvalue weighted by atomic mass is 9.94. The summed E-state index contributed by atoms with van der Waals surface area (Å²) >= 11 is 3.13. The summed E-state index contributed by atoms with van der Waals surface area (Å²) in [4.78, 5) is 12.6. The van der Waals surface area contributed by atoms with Crippen LogP contribution in [0, 0.1) is 11.6 Å². The van der Waals surface area contributed by atoms with Crippen molar-refractivity contribution in [3.8, 4) is 0 Å². The number of nitrogens with zero attached hydrogens (tertiary/aromatic N) is 1. The van der Waals surface area contributed by atoms with Crippen molar-refractivity contribution in [2.75, 3.05) is 4.90 Å². The fraction of sp³-hybridized carbons (Fsp3) is 0.462. The minimum atomic E-state index is -0.709. The molecular weight excluding hydrogens is 304 g/mol. The van der Waals surface area contributed by atoms with Crippen molar-refractivity contribution in [1.29, 1.82) is 0 Å². The van der Waals surface area contributed by atoms with Crippen LogP contribution in [0.3, 0.4) is 0 Å². The lowest BCUT2D eigenvalue weighted by Crippen LogP contribution is -2.36. The first kappa shape index (κ1) is 13.5. The fourth-order valence-corrected chi connectivity index (χ4v) is 3.07. The molecule has 1 aliphatic rings. The Hall–Kier alpha value is -0.970. The second kappa shape index (κ2) is 5.78. The maximum Gasteiger partial charge on any atom is 0.214 e. The topological polar surface area (TPSA) is 20.3 Å². The molecule has 0 aromatic heterocycles. The molecule has 2 rings (SSSR count). The van der Waals surface area contributed by atoms with Gasteiger partial charge in [0.05, 0.1) is 5.69 Å². The smallest absolute Gasteiger partial charge is 0.214 e. The van der Waals surface area contributed by atoms with Gasteiger partial charge in [-0.2, -0.15) is 0 Å². The first-order chi connectivity index (χ1) is 8.63. The first-order valence-corrected chi connectivity index (χ1v) is 6.81. The van der Waals surface area contributed by atoms with Gasteiger partial charge in [0.2, 0.25) is 6.41 Å². The van der Waals surface area contributed by atoms with Crippen LogP contribution in [0.4, 0.5) is 14.5 Å². The average molecular weight is 318 g/mol. The van der Waals surface area contributed by atoms with Crippen molar-refractivity contribution in [2.45, 2.75) is 38.1 Å². The van der Waals surface area contributed by atoms with E-state index in [1.165, 1.54) is 11.0 Å². The van der Waals surface area contributed by atoms with E-state index in [2.05, 4.69) is 15.9 Å². The third-order valence-corrected chi connectivity index (χ3v) is 3.93. The number of carbonyl (C=O) groups is 1. The molecule has 1 aliphatic carbocycles. The van der Waals surface area contributed by atoms with Crippen molar-refractivity contribution in [3.63, 3.8) is 0 Å². The average Bonchev–Trinajstić information content (AvgIpc) is 2.34. The van der Waals surface area contributed by atoms with Gasteiger partial charge in [-0.25, -0.2) is 8.78 Å². The Bertz CT molecular complexity index is 424. The molecule has 1 aromatic carbocycles. The number of anilines is 1. The molecule has 1 amide bonds. The molecule has 1 saturated carbocycles. The summed E-state index contributed by atoms with van der Waals surface area (Å²) in [6.45, 7) is 0. The minimum Gasteiger partial charge on any atom is -0.308 e. The lowest BCUT2D eigenvalue weighted by Gasteiger charge is -2.32. The van der Waals surface area contributed by atoms with Gasteiger partial charge in [-0.3, -0.25) is 4.79 Å². The van der Waals surface area contributed by atoms with Gasteiger partial charge in [0.1, 0.15) is 5.82 Å². The highest BCUT2D eigenvalue weighted by Gasteiger charge is 2.25. The van der Waals surface area contributed by atoms with Crippen molar-refractivity contribution in [1.82, 2.24) is 0 Å². The minimum absolute atomic E-state index is 0.00695. The van der Waals surface area contributed by atoms with Gasteiger partial charge in [-0.1, -0.05) is 19.3 Å². The van der Waals surface area contributed by atoms with E-state index in [0.717, 1.165) is 38.2 Å². The number of benzene rings is 1. The van der Waals surface area contributed by atoms with Crippen molar-refractivity contribution in [2.24, 2.45) is 0 Å². The summed E-state index contributed by atoms with van der Waals surface area (Å²) in [5.41, 5.74) is 0.137. The molecule has 0 radical (unpaired) electrons. The maximum absolute atomic E-state index is 13.8. The van der Waals surface area contributed by atoms with Crippen LogP contribution in [0.5, 0.6) is 0 Å². The number of hydrogen-bond donors (Lipinski definition) is 0. The molecule has 98 valence electrons. The van der Waals surface area contributed by atoms with Gasteiger partial charge < -0.3 is 4.90 Å². The third kappa shape index (κ3) is 2.71. The number of amides is 1. The van der Waals surface area contributed by atoms with E-state index in [-0.39, 0.29) is 16.2 Å². The van der Waals surface area contributed by atoms with E-state index < -0.39 is 11.6 Å². The molecular formula is C13H14BrF2NO. The van der Waals surface area contributed by atoms with Gasteiger partial charge in [0, 0.05) is 16.6 Å². The van der Waals surface area contributed by atoms with E-state index in [0.29, 0.717) is 6.41 Å². The zero-order valence-electron chi connectivity index (χ0n) is 9.83. The van der Waals surface area contributed by atoms with Gasteiger partial charge in [0.25, 0.3) is 0 Å². The van der Waals surface area contributed by atoms with Gasteiger partial charge in [-0.05, 0) is 34.8 Å². The SMILES string of the molecule is O=CN(c1c(F)cc(F)cc1Br)C1CCCCC1. The standard InChI is InChI=1S/C13H14BrF2NO/c14-11-6-9(15)7-12(16)13(11)17(8-18)10-4-2-1-3-5-10/h6-8,10H,1-5H2. The predicted octanol–water partition coefficient (Wildman–Crippen LogP) is 4.02. The zero-order valence-corrected chi connectivity index (χ0v) is 11.4. The van der Waals surface area contributed by atoms with Gasteiger partial charge in [-0.15, -0.1) is 0 Å². The van der Waals surface area contributed by atoms with Gasteiger partial charge >= 0.3 is 0 Å². The summed E-state index contributed by atoms with van der Waals surface area (Å²) in [5, 5.41) is 0. The molecule has 0 heterocycles.